The Kier molecular flexibility index (Phi) is 4.78. The van der Waals surface area contributed by atoms with Gasteiger partial charge in [-0.05, 0) is 41.5 Å². The summed E-state index contributed by atoms with van der Waals surface area (Å²) < 4.78 is 1.24. The average Bonchev–Trinajstić information content (AvgIpc) is 3.02. The van der Waals surface area contributed by atoms with Gasteiger partial charge in [0.15, 0.2) is 5.82 Å². The first-order valence-corrected chi connectivity index (χ1v) is 8.04. The molecule has 0 spiro atoms. The minimum Gasteiger partial charge on any atom is -0.378 e. The van der Waals surface area contributed by atoms with Gasteiger partial charge in [0.25, 0.3) is 0 Å². The smallest absolute Gasteiger partial charge is 0.368 e. The summed E-state index contributed by atoms with van der Waals surface area (Å²) in [6.45, 7) is 0.733. The fraction of sp³-hybridized carbons (Fsp3) is 0.294. The lowest BCUT2D eigenvalue weighted by Gasteiger charge is -2.12. The molecule has 0 fully saturated rings. The van der Waals surface area contributed by atoms with E-state index in [0.717, 1.165) is 19.4 Å². The number of imidazole rings is 1. The molecule has 0 atom stereocenters. The van der Waals surface area contributed by atoms with Crippen LogP contribution in [0.15, 0.2) is 42.6 Å². The molecule has 1 N–H and O–H groups in total. The molecular formula is C17H20N6O2. The maximum absolute atomic E-state index is 11.0. The third-order valence-electron chi connectivity index (χ3n) is 3.93. The van der Waals surface area contributed by atoms with E-state index in [4.69, 9.17) is 0 Å². The summed E-state index contributed by atoms with van der Waals surface area (Å²) in [4.78, 5) is 16.5. The minimum atomic E-state index is -0.492. The molecule has 0 amide bonds. The van der Waals surface area contributed by atoms with Crippen molar-refractivity contribution in [2.75, 3.05) is 30.9 Å². The normalized spacial score (nSPS) is 10.8. The molecule has 0 bridgehead atoms. The van der Waals surface area contributed by atoms with Crippen LogP contribution >= 0.6 is 0 Å². The number of aromatic nitrogens is 3. The van der Waals surface area contributed by atoms with Crippen molar-refractivity contribution in [3.05, 3.63) is 58.3 Å². The van der Waals surface area contributed by atoms with Crippen LogP contribution in [-0.2, 0) is 6.42 Å². The molecule has 0 aliphatic carbocycles. The second-order valence-corrected chi connectivity index (χ2v) is 5.95. The number of benzene rings is 1. The Hall–Kier alpha value is -3.16. The van der Waals surface area contributed by atoms with Crippen LogP contribution in [0.4, 0.5) is 17.3 Å². The van der Waals surface area contributed by atoms with Gasteiger partial charge >= 0.3 is 5.82 Å². The summed E-state index contributed by atoms with van der Waals surface area (Å²) in [5.41, 5.74) is 2.92. The summed E-state index contributed by atoms with van der Waals surface area (Å²) in [7, 11) is 4.04. The van der Waals surface area contributed by atoms with E-state index in [1.165, 1.54) is 22.0 Å². The van der Waals surface area contributed by atoms with Gasteiger partial charge in [-0.1, -0.05) is 21.7 Å². The van der Waals surface area contributed by atoms with E-state index in [9.17, 15) is 10.1 Å². The fourth-order valence-corrected chi connectivity index (χ4v) is 2.55. The number of nitrogens with one attached hydrogen (secondary N) is 1. The largest absolute Gasteiger partial charge is 0.378 e. The summed E-state index contributed by atoms with van der Waals surface area (Å²) in [6, 6.07) is 12.0. The van der Waals surface area contributed by atoms with E-state index in [-0.39, 0.29) is 5.82 Å². The van der Waals surface area contributed by atoms with Crippen molar-refractivity contribution in [2.45, 2.75) is 12.8 Å². The Balaban J connectivity index is 1.56. The number of nitro groups is 1. The van der Waals surface area contributed by atoms with Gasteiger partial charge in [0.05, 0.1) is 0 Å². The van der Waals surface area contributed by atoms with E-state index >= 15 is 0 Å². The summed E-state index contributed by atoms with van der Waals surface area (Å²) in [5, 5.41) is 18.4. The third-order valence-corrected chi connectivity index (χ3v) is 3.93. The van der Waals surface area contributed by atoms with Crippen molar-refractivity contribution in [1.29, 1.82) is 0 Å². The van der Waals surface area contributed by atoms with Crippen LogP contribution in [0.1, 0.15) is 12.0 Å². The van der Waals surface area contributed by atoms with E-state index in [1.54, 1.807) is 12.1 Å². The zero-order chi connectivity index (χ0) is 17.8. The second-order valence-electron chi connectivity index (χ2n) is 5.95. The Labute approximate surface area is 145 Å². The molecular weight excluding hydrogens is 320 g/mol. The van der Waals surface area contributed by atoms with E-state index in [2.05, 4.69) is 44.6 Å². The van der Waals surface area contributed by atoms with Crippen LogP contribution in [0.5, 0.6) is 0 Å². The van der Waals surface area contributed by atoms with Crippen molar-refractivity contribution in [2.24, 2.45) is 0 Å². The molecule has 0 unspecified atom stereocenters. The van der Waals surface area contributed by atoms with Gasteiger partial charge in [-0.15, -0.1) is 0 Å². The van der Waals surface area contributed by atoms with Crippen LogP contribution < -0.4 is 10.2 Å². The number of fused-ring (bicyclic) bond motifs is 1. The van der Waals surface area contributed by atoms with Crippen molar-refractivity contribution in [3.63, 3.8) is 0 Å². The van der Waals surface area contributed by atoms with Crippen molar-refractivity contribution >= 4 is 23.0 Å². The van der Waals surface area contributed by atoms with Gasteiger partial charge < -0.3 is 20.3 Å². The maximum Gasteiger partial charge on any atom is 0.368 e. The molecule has 8 nitrogen and oxygen atoms in total. The maximum atomic E-state index is 11.0. The molecule has 2 aromatic heterocycles. The molecule has 1 aromatic carbocycles. The molecule has 0 radical (unpaired) electrons. The molecule has 130 valence electrons. The molecule has 0 saturated carbocycles. The minimum absolute atomic E-state index is 0.139. The van der Waals surface area contributed by atoms with Gasteiger partial charge in [-0.25, -0.2) is 4.98 Å². The molecule has 0 aliphatic heterocycles. The number of aryl methyl sites for hydroxylation is 1. The van der Waals surface area contributed by atoms with E-state index < -0.39 is 4.92 Å². The van der Waals surface area contributed by atoms with Crippen LogP contribution in [-0.4, -0.2) is 40.2 Å². The Morgan fingerprint density at radius 1 is 1.20 bits per heavy atom. The van der Waals surface area contributed by atoms with E-state index in [0.29, 0.717) is 11.5 Å². The third kappa shape index (κ3) is 3.85. The van der Waals surface area contributed by atoms with Gasteiger partial charge in [-0.3, -0.25) is 0 Å². The van der Waals surface area contributed by atoms with Crippen LogP contribution in [0, 0.1) is 10.1 Å². The molecule has 25 heavy (non-hydrogen) atoms. The Bertz CT molecular complexity index is 872. The highest BCUT2D eigenvalue weighted by molar-refractivity contribution is 5.48. The van der Waals surface area contributed by atoms with Crippen molar-refractivity contribution in [3.8, 4) is 0 Å². The first-order valence-electron chi connectivity index (χ1n) is 8.04. The summed E-state index contributed by atoms with van der Waals surface area (Å²) in [6.07, 6.45) is 3.10. The van der Waals surface area contributed by atoms with Crippen LogP contribution in [0.25, 0.3) is 5.65 Å². The first-order chi connectivity index (χ1) is 12.0. The summed E-state index contributed by atoms with van der Waals surface area (Å²) in [5.74, 6) is 0.455. The highest BCUT2D eigenvalue weighted by atomic mass is 16.6. The predicted molar refractivity (Wildman–Crippen MR) is 97.2 cm³/mol. The molecule has 0 saturated heterocycles. The topological polar surface area (TPSA) is 88.6 Å². The number of nitrogens with zero attached hydrogens (tertiary/aromatic N) is 5. The van der Waals surface area contributed by atoms with Crippen molar-refractivity contribution < 1.29 is 4.92 Å². The van der Waals surface area contributed by atoms with Crippen LogP contribution in [0.2, 0.25) is 0 Å². The van der Waals surface area contributed by atoms with Gasteiger partial charge in [0, 0.05) is 32.4 Å². The number of anilines is 2. The van der Waals surface area contributed by atoms with Gasteiger partial charge in [0.2, 0.25) is 5.65 Å². The fourth-order valence-electron chi connectivity index (χ4n) is 2.55. The predicted octanol–water partition coefficient (Wildman–Crippen LogP) is 2.75. The summed E-state index contributed by atoms with van der Waals surface area (Å²) >= 11 is 0. The molecule has 0 aliphatic rings. The number of hydrogen-bond donors (Lipinski definition) is 1. The van der Waals surface area contributed by atoms with Gasteiger partial charge in [-0.2, -0.15) is 0 Å². The molecule has 2 heterocycles. The quantitative estimate of drug-likeness (QED) is 0.404. The van der Waals surface area contributed by atoms with Crippen molar-refractivity contribution in [1.82, 2.24) is 14.6 Å². The first kappa shape index (κ1) is 16.7. The highest BCUT2D eigenvalue weighted by Gasteiger charge is 2.15. The number of rotatable bonds is 7. The molecule has 8 heteroatoms. The standard InChI is InChI=1S/C17H20N6O2/c1-21(2)14-7-5-13(6-8-14)4-3-11-18-15-9-10-16-19-12-17(23(24)25)22(16)20-15/h5-10,12H,3-4,11H2,1-2H3,(H,18,20). The second kappa shape index (κ2) is 7.16. The van der Waals surface area contributed by atoms with Crippen LogP contribution in [0.3, 0.4) is 0 Å². The zero-order valence-corrected chi connectivity index (χ0v) is 14.2. The lowest BCUT2D eigenvalue weighted by Crippen LogP contribution is -2.09. The Morgan fingerprint density at radius 3 is 2.64 bits per heavy atom. The monoisotopic (exact) mass is 340 g/mol. The highest BCUT2D eigenvalue weighted by Crippen LogP contribution is 2.15. The Morgan fingerprint density at radius 2 is 1.96 bits per heavy atom. The molecule has 3 aromatic rings. The molecule has 3 rings (SSSR count). The zero-order valence-electron chi connectivity index (χ0n) is 14.2. The average molecular weight is 340 g/mol. The van der Waals surface area contributed by atoms with Gasteiger partial charge in [0.1, 0.15) is 6.20 Å². The lowest BCUT2D eigenvalue weighted by atomic mass is 10.1. The lowest BCUT2D eigenvalue weighted by molar-refractivity contribution is -0.391. The SMILES string of the molecule is CN(C)c1ccc(CCCNc2ccc3ncc([N+](=O)[O-])n3n2)cc1. The van der Waals surface area contributed by atoms with E-state index in [1.807, 2.05) is 14.1 Å². The number of hydrogen-bond acceptors (Lipinski definition) is 6.